The number of carbonyl (C=O) groups is 1. The molecule has 2 N–H and O–H groups in total. The third kappa shape index (κ3) is 3.95. The molecular weight excluding hydrogens is 290 g/mol. The summed E-state index contributed by atoms with van der Waals surface area (Å²) in [6, 6.07) is 14.7. The third-order valence-corrected chi connectivity index (χ3v) is 4.46. The first-order chi connectivity index (χ1) is 9.70. The van der Waals surface area contributed by atoms with Crippen LogP contribution in [0.4, 0.5) is 5.69 Å². The lowest BCUT2D eigenvalue weighted by Gasteiger charge is -2.09. The lowest BCUT2D eigenvalue weighted by molar-refractivity contribution is -0.113. The molecule has 0 radical (unpaired) electrons. The molecule has 0 aromatic heterocycles. The number of phenols is 1. The van der Waals surface area contributed by atoms with E-state index in [1.807, 2.05) is 36.6 Å². The van der Waals surface area contributed by atoms with Crippen LogP contribution in [0.5, 0.6) is 5.75 Å². The van der Waals surface area contributed by atoms with Gasteiger partial charge in [0.1, 0.15) is 5.75 Å². The Hall–Kier alpha value is -1.59. The van der Waals surface area contributed by atoms with Crippen molar-refractivity contribution in [3.8, 4) is 5.75 Å². The zero-order chi connectivity index (χ0) is 14.4. The zero-order valence-corrected chi connectivity index (χ0v) is 12.6. The van der Waals surface area contributed by atoms with Gasteiger partial charge in [-0.1, -0.05) is 24.3 Å². The van der Waals surface area contributed by atoms with Crippen LogP contribution in [0.15, 0.2) is 58.3 Å². The van der Waals surface area contributed by atoms with Crippen molar-refractivity contribution >= 4 is 35.1 Å². The van der Waals surface area contributed by atoms with E-state index in [2.05, 4.69) is 5.32 Å². The van der Waals surface area contributed by atoms with Crippen LogP contribution in [-0.2, 0) is 4.79 Å². The zero-order valence-electron chi connectivity index (χ0n) is 11.0. The number of para-hydroxylation sites is 2. The van der Waals surface area contributed by atoms with E-state index in [1.54, 1.807) is 30.0 Å². The summed E-state index contributed by atoms with van der Waals surface area (Å²) in [5, 5.41) is 12.5. The molecule has 0 heterocycles. The molecule has 1 amide bonds. The maximum absolute atomic E-state index is 11.9. The molecular formula is C15H15NO2S2. The van der Waals surface area contributed by atoms with Crippen LogP contribution in [0.25, 0.3) is 0 Å². The van der Waals surface area contributed by atoms with E-state index < -0.39 is 0 Å². The first-order valence-electron chi connectivity index (χ1n) is 6.04. The fraction of sp³-hybridized carbons (Fsp3) is 0.133. The average Bonchev–Trinajstić information content (AvgIpc) is 2.47. The molecule has 2 aromatic rings. The monoisotopic (exact) mass is 305 g/mol. The highest BCUT2D eigenvalue weighted by molar-refractivity contribution is 8.00. The van der Waals surface area contributed by atoms with Gasteiger partial charge in [0.15, 0.2) is 0 Å². The minimum absolute atomic E-state index is 0.0836. The highest BCUT2D eigenvalue weighted by atomic mass is 32.2. The smallest absolute Gasteiger partial charge is 0.234 e. The Kier molecular flexibility index (Phi) is 5.38. The van der Waals surface area contributed by atoms with E-state index in [9.17, 15) is 9.90 Å². The molecule has 0 unspecified atom stereocenters. The van der Waals surface area contributed by atoms with Crippen LogP contribution >= 0.6 is 23.5 Å². The largest absolute Gasteiger partial charge is 0.507 e. The predicted molar refractivity (Wildman–Crippen MR) is 85.7 cm³/mol. The van der Waals surface area contributed by atoms with Crippen molar-refractivity contribution in [2.24, 2.45) is 0 Å². The molecule has 0 fully saturated rings. The van der Waals surface area contributed by atoms with Gasteiger partial charge in [-0.2, -0.15) is 0 Å². The molecule has 5 heteroatoms. The third-order valence-electron chi connectivity index (χ3n) is 2.61. The van der Waals surface area contributed by atoms with Crippen molar-refractivity contribution < 1.29 is 9.90 Å². The van der Waals surface area contributed by atoms with Gasteiger partial charge in [-0.25, -0.2) is 0 Å². The molecule has 0 aliphatic heterocycles. The number of benzene rings is 2. The van der Waals surface area contributed by atoms with E-state index in [4.69, 9.17) is 0 Å². The minimum Gasteiger partial charge on any atom is -0.507 e. The Morgan fingerprint density at radius 2 is 1.75 bits per heavy atom. The number of phenolic OH excluding ortho intramolecular Hbond substituents is 1. The van der Waals surface area contributed by atoms with Crippen molar-refractivity contribution in [2.75, 3.05) is 17.3 Å². The number of amides is 1. The summed E-state index contributed by atoms with van der Waals surface area (Å²) in [7, 11) is 0. The number of hydrogen-bond acceptors (Lipinski definition) is 4. The Labute approximate surface area is 126 Å². The summed E-state index contributed by atoms with van der Waals surface area (Å²) in [6.07, 6.45) is 1.97. The predicted octanol–water partition coefficient (Wildman–Crippen LogP) is 3.84. The molecule has 0 aliphatic rings. The van der Waals surface area contributed by atoms with Crippen molar-refractivity contribution in [1.82, 2.24) is 0 Å². The number of carbonyl (C=O) groups excluding carboxylic acids is 1. The van der Waals surface area contributed by atoms with Gasteiger partial charge < -0.3 is 10.4 Å². The highest BCUT2D eigenvalue weighted by Gasteiger charge is 2.08. The number of aromatic hydroxyl groups is 1. The SMILES string of the molecule is CSc1ccccc1NC(=O)CSc1ccccc1O. The minimum atomic E-state index is -0.0836. The summed E-state index contributed by atoms with van der Waals surface area (Å²) in [5.41, 5.74) is 0.822. The molecule has 20 heavy (non-hydrogen) atoms. The second-order valence-electron chi connectivity index (χ2n) is 4.00. The Morgan fingerprint density at radius 3 is 2.45 bits per heavy atom. The van der Waals surface area contributed by atoms with Crippen LogP contribution in [-0.4, -0.2) is 23.0 Å². The van der Waals surface area contributed by atoms with Gasteiger partial charge in [0.05, 0.1) is 11.4 Å². The Balaban J connectivity index is 1.95. The summed E-state index contributed by atoms with van der Waals surface area (Å²) < 4.78 is 0. The van der Waals surface area contributed by atoms with Crippen LogP contribution in [0.1, 0.15) is 0 Å². The second kappa shape index (κ2) is 7.26. The van der Waals surface area contributed by atoms with E-state index >= 15 is 0 Å². The quantitative estimate of drug-likeness (QED) is 0.824. The van der Waals surface area contributed by atoms with Gasteiger partial charge in [-0.05, 0) is 30.5 Å². The molecule has 3 nitrogen and oxygen atoms in total. The van der Waals surface area contributed by atoms with Gasteiger partial charge in [-0.15, -0.1) is 23.5 Å². The molecule has 0 bridgehead atoms. The number of nitrogens with one attached hydrogen (secondary N) is 1. The summed E-state index contributed by atoms with van der Waals surface area (Å²) >= 11 is 2.91. The van der Waals surface area contributed by atoms with Crippen LogP contribution < -0.4 is 5.32 Å². The molecule has 0 saturated heterocycles. The first kappa shape index (κ1) is 14.8. The normalized spacial score (nSPS) is 10.2. The van der Waals surface area contributed by atoms with Gasteiger partial charge in [0.25, 0.3) is 0 Å². The molecule has 2 rings (SSSR count). The fourth-order valence-electron chi connectivity index (χ4n) is 1.66. The molecule has 0 spiro atoms. The van der Waals surface area contributed by atoms with Crippen molar-refractivity contribution in [1.29, 1.82) is 0 Å². The van der Waals surface area contributed by atoms with E-state index in [-0.39, 0.29) is 17.4 Å². The summed E-state index contributed by atoms with van der Waals surface area (Å²) in [6.45, 7) is 0. The molecule has 0 saturated carbocycles. The van der Waals surface area contributed by atoms with Gasteiger partial charge in [0, 0.05) is 9.79 Å². The maximum atomic E-state index is 11.9. The van der Waals surface area contributed by atoms with Crippen LogP contribution in [0, 0.1) is 0 Å². The van der Waals surface area contributed by atoms with Crippen LogP contribution in [0.3, 0.4) is 0 Å². The molecule has 0 atom stereocenters. The van der Waals surface area contributed by atoms with E-state index in [1.165, 1.54) is 11.8 Å². The average molecular weight is 305 g/mol. The molecule has 2 aromatic carbocycles. The summed E-state index contributed by atoms with van der Waals surface area (Å²) in [5.74, 6) is 0.384. The van der Waals surface area contributed by atoms with E-state index in [0.717, 1.165) is 10.6 Å². The Bertz CT molecular complexity index is 602. The lowest BCUT2D eigenvalue weighted by Crippen LogP contribution is -2.14. The lowest BCUT2D eigenvalue weighted by atomic mass is 10.3. The van der Waals surface area contributed by atoms with Crippen LogP contribution in [0.2, 0.25) is 0 Å². The standard InChI is InChI=1S/C15H15NO2S2/c1-19-13-8-4-2-6-11(13)16-15(18)10-20-14-9-5-3-7-12(14)17/h2-9,17H,10H2,1H3,(H,16,18). The fourth-order valence-corrected chi connectivity index (χ4v) is 2.96. The summed E-state index contributed by atoms with van der Waals surface area (Å²) in [4.78, 5) is 13.7. The number of thioether (sulfide) groups is 2. The van der Waals surface area contributed by atoms with E-state index in [0.29, 0.717) is 4.90 Å². The van der Waals surface area contributed by atoms with Crippen molar-refractivity contribution in [3.63, 3.8) is 0 Å². The van der Waals surface area contributed by atoms with Crippen molar-refractivity contribution in [2.45, 2.75) is 9.79 Å². The van der Waals surface area contributed by atoms with Gasteiger partial charge in [0.2, 0.25) is 5.91 Å². The number of anilines is 1. The number of hydrogen-bond donors (Lipinski definition) is 2. The molecule has 104 valence electrons. The molecule has 0 aliphatic carbocycles. The highest BCUT2D eigenvalue weighted by Crippen LogP contribution is 2.28. The Morgan fingerprint density at radius 1 is 1.10 bits per heavy atom. The van der Waals surface area contributed by atoms with Gasteiger partial charge >= 0.3 is 0 Å². The van der Waals surface area contributed by atoms with Crippen molar-refractivity contribution in [3.05, 3.63) is 48.5 Å². The maximum Gasteiger partial charge on any atom is 0.234 e. The topological polar surface area (TPSA) is 49.3 Å². The van der Waals surface area contributed by atoms with Gasteiger partial charge in [-0.3, -0.25) is 4.79 Å². The second-order valence-corrected chi connectivity index (χ2v) is 5.87. The first-order valence-corrected chi connectivity index (χ1v) is 8.25. The number of rotatable bonds is 5.